The topological polar surface area (TPSA) is 67.4 Å². The molecule has 0 spiro atoms. The lowest BCUT2D eigenvalue weighted by molar-refractivity contribution is 0.485. The molecule has 11 heteroatoms. The molecule has 2 unspecified atom stereocenters. The van der Waals surface area contributed by atoms with E-state index in [1.54, 1.807) is 29.3 Å². The molecule has 2 heterocycles. The van der Waals surface area contributed by atoms with Crippen molar-refractivity contribution in [2.45, 2.75) is 30.7 Å². The smallest absolute Gasteiger partial charge is 0.230 e. The van der Waals surface area contributed by atoms with E-state index in [0.29, 0.717) is 33.1 Å². The number of aryl methyl sites for hydroxylation is 1. The molecule has 190 valence electrons. The maximum absolute atomic E-state index is 14.9. The molecule has 2 atom stereocenters. The Balaban J connectivity index is 1.60. The van der Waals surface area contributed by atoms with Crippen LogP contribution in [0.3, 0.4) is 0 Å². The van der Waals surface area contributed by atoms with Gasteiger partial charge in [0.15, 0.2) is 0 Å². The normalized spacial score (nSPS) is 18.2. The fourth-order valence-electron chi connectivity index (χ4n) is 4.15. The monoisotopic (exact) mass is 575 g/mol. The SMILES string of the molecule is Cc1nnc(N2N=C(c3cc(F)ccc3F)SC2(CCC(N)c2ccc(Cl)cc2)c2ccc(Cl)cc2)s1. The van der Waals surface area contributed by atoms with Crippen molar-refractivity contribution in [1.82, 2.24) is 10.2 Å². The van der Waals surface area contributed by atoms with Crippen LogP contribution in [0.25, 0.3) is 0 Å². The van der Waals surface area contributed by atoms with Crippen LogP contribution < -0.4 is 10.7 Å². The number of benzene rings is 3. The van der Waals surface area contributed by atoms with E-state index in [4.69, 9.17) is 34.0 Å². The van der Waals surface area contributed by atoms with E-state index < -0.39 is 16.5 Å². The minimum atomic E-state index is -0.866. The van der Waals surface area contributed by atoms with Crippen molar-refractivity contribution < 1.29 is 8.78 Å². The highest BCUT2D eigenvalue weighted by atomic mass is 35.5. The van der Waals surface area contributed by atoms with Gasteiger partial charge in [0.1, 0.15) is 26.6 Å². The van der Waals surface area contributed by atoms with Crippen LogP contribution in [0.4, 0.5) is 13.9 Å². The highest BCUT2D eigenvalue weighted by Gasteiger charge is 2.48. The highest BCUT2D eigenvalue weighted by Crippen LogP contribution is 2.53. The third-order valence-corrected chi connectivity index (χ3v) is 8.81. The predicted octanol–water partition coefficient (Wildman–Crippen LogP) is 7.68. The van der Waals surface area contributed by atoms with E-state index in [1.807, 2.05) is 31.2 Å². The number of hydrogen-bond donors (Lipinski definition) is 1. The van der Waals surface area contributed by atoms with E-state index in [-0.39, 0.29) is 11.6 Å². The molecule has 0 fully saturated rings. The average Bonchev–Trinajstić information content (AvgIpc) is 3.49. The number of anilines is 1. The zero-order valence-corrected chi connectivity index (χ0v) is 22.7. The Bertz CT molecular complexity index is 1450. The molecule has 0 saturated carbocycles. The standard InChI is InChI=1S/C26H21Cl2F2N5S2/c1-15-32-33-25(36-15)35-26(17-4-8-19(28)9-5-17,13-12-23(31)16-2-6-18(27)7-3-16)37-24(34-35)21-14-20(29)10-11-22(21)30/h2-11,14,23H,12-13,31H2,1H3. The van der Waals surface area contributed by atoms with Crippen LogP contribution in [0.15, 0.2) is 71.8 Å². The fourth-order valence-corrected chi connectivity index (χ4v) is 6.57. The lowest BCUT2D eigenvalue weighted by atomic mass is 9.95. The number of halogens is 4. The molecule has 0 amide bonds. The van der Waals surface area contributed by atoms with E-state index in [1.165, 1.54) is 23.1 Å². The second-order valence-electron chi connectivity index (χ2n) is 8.53. The molecule has 1 aliphatic rings. The quantitative estimate of drug-likeness (QED) is 0.245. The van der Waals surface area contributed by atoms with Gasteiger partial charge in [-0.1, -0.05) is 70.6 Å². The molecule has 5 nitrogen and oxygen atoms in total. The van der Waals surface area contributed by atoms with Crippen LogP contribution >= 0.6 is 46.3 Å². The number of nitrogens with zero attached hydrogens (tertiary/aromatic N) is 4. The molecule has 2 N–H and O–H groups in total. The maximum Gasteiger partial charge on any atom is 0.230 e. The Hall–Kier alpha value is -2.56. The lowest BCUT2D eigenvalue weighted by Gasteiger charge is -2.36. The van der Waals surface area contributed by atoms with Crippen molar-refractivity contribution in [2.24, 2.45) is 10.8 Å². The van der Waals surface area contributed by atoms with Crippen molar-refractivity contribution >= 4 is 56.5 Å². The molecule has 0 saturated heterocycles. The van der Waals surface area contributed by atoms with Crippen LogP contribution in [0.1, 0.15) is 40.6 Å². The molecule has 1 aromatic heterocycles. The largest absolute Gasteiger partial charge is 0.324 e. The van der Waals surface area contributed by atoms with Crippen molar-refractivity contribution in [3.05, 3.63) is 110 Å². The summed E-state index contributed by atoms with van der Waals surface area (Å²) in [6.07, 6.45) is 1.06. The molecule has 0 aliphatic carbocycles. The minimum Gasteiger partial charge on any atom is -0.324 e. The summed E-state index contributed by atoms with van der Waals surface area (Å²) >= 11 is 15.0. The zero-order valence-electron chi connectivity index (χ0n) is 19.5. The van der Waals surface area contributed by atoms with Crippen LogP contribution in [-0.4, -0.2) is 15.2 Å². The summed E-state index contributed by atoms with van der Waals surface area (Å²) < 4.78 is 29.0. The minimum absolute atomic E-state index is 0.0778. The second kappa shape index (κ2) is 10.7. The first-order valence-corrected chi connectivity index (χ1v) is 13.7. The summed E-state index contributed by atoms with van der Waals surface area (Å²) in [7, 11) is 0. The first kappa shape index (κ1) is 26.1. The van der Waals surface area contributed by atoms with Gasteiger partial charge in [0.2, 0.25) is 5.13 Å². The first-order chi connectivity index (χ1) is 17.7. The number of rotatable bonds is 7. The number of nitrogens with two attached hydrogens (primary N) is 1. The van der Waals surface area contributed by atoms with Gasteiger partial charge in [-0.25, -0.2) is 13.8 Å². The molecule has 0 bridgehead atoms. The van der Waals surface area contributed by atoms with E-state index in [9.17, 15) is 8.78 Å². The molecule has 3 aromatic carbocycles. The van der Waals surface area contributed by atoms with Gasteiger partial charge in [0.25, 0.3) is 0 Å². The highest BCUT2D eigenvalue weighted by molar-refractivity contribution is 8.15. The summed E-state index contributed by atoms with van der Waals surface area (Å²) in [6.45, 7) is 1.85. The molecule has 1 aliphatic heterocycles. The van der Waals surface area contributed by atoms with Crippen LogP contribution in [0.5, 0.6) is 0 Å². The van der Waals surface area contributed by atoms with Crippen LogP contribution in [-0.2, 0) is 4.87 Å². The van der Waals surface area contributed by atoms with Gasteiger partial charge in [-0.2, -0.15) is 5.10 Å². The van der Waals surface area contributed by atoms with Gasteiger partial charge in [-0.3, -0.25) is 0 Å². The van der Waals surface area contributed by atoms with Crippen LogP contribution in [0.2, 0.25) is 10.0 Å². The van der Waals surface area contributed by atoms with Gasteiger partial charge >= 0.3 is 0 Å². The summed E-state index contributed by atoms with van der Waals surface area (Å²) in [5.74, 6) is -1.11. The summed E-state index contributed by atoms with van der Waals surface area (Å²) in [5, 5.41) is 17.9. The fraction of sp³-hybridized carbons (Fsp3) is 0.192. The summed E-state index contributed by atoms with van der Waals surface area (Å²) in [6, 6.07) is 17.9. The molecular weight excluding hydrogens is 555 g/mol. The van der Waals surface area contributed by atoms with Crippen LogP contribution in [0, 0.1) is 18.6 Å². The summed E-state index contributed by atoms with van der Waals surface area (Å²) in [5.41, 5.74) is 8.48. The van der Waals surface area contributed by atoms with Gasteiger partial charge in [-0.05, 0) is 73.4 Å². The Kier molecular flexibility index (Phi) is 7.51. The van der Waals surface area contributed by atoms with Crippen molar-refractivity contribution in [3.8, 4) is 0 Å². The summed E-state index contributed by atoms with van der Waals surface area (Å²) in [4.78, 5) is -0.866. The molecule has 4 aromatic rings. The maximum atomic E-state index is 14.9. The number of hydrazone groups is 1. The second-order valence-corrected chi connectivity index (χ2v) is 11.8. The predicted molar refractivity (Wildman–Crippen MR) is 148 cm³/mol. The van der Waals surface area contributed by atoms with E-state index in [0.717, 1.165) is 34.3 Å². The van der Waals surface area contributed by atoms with Crippen molar-refractivity contribution in [1.29, 1.82) is 0 Å². The Morgan fingerprint density at radius 2 is 1.65 bits per heavy atom. The van der Waals surface area contributed by atoms with E-state index in [2.05, 4.69) is 10.2 Å². The molecule has 0 radical (unpaired) electrons. The number of thioether (sulfide) groups is 1. The first-order valence-electron chi connectivity index (χ1n) is 11.4. The molecule has 37 heavy (non-hydrogen) atoms. The number of hydrogen-bond acceptors (Lipinski definition) is 7. The van der Waals surface area contributed by atoms with E-state index >= 15 is 0 Å². The molecular formula is C26H21Cl2F2N5S2. The van der Waals surface area contributed by atoms with Crippen molar-refractivity contribution in [3.63, 3.8) is 0 Å². The average molecular weight is 577 g/mol. The Morgan fingerprint density at radius 1 is 0.973 bits per heavy atom. The Labute approximate surface area is 231 Å². The Morgan fingerprint density at radius 3 is 2.30 bits per heavy atom. The molecule has 5 rings (SSSR count). The van der Waals surface area contributed by atoms with Gasteiger partial charge in [0.05, 0.1) is 0 Å². The third kappa shape index (κ3) is 5.37. The van der Waals surface area contributed by atoms with Gasteiger partial charge in [-0.15, -0.1) is 10.2 Å². The third-order valence-electron chi connectivity index (χ3n) is 6.04. The zero-order chi connectivity index (χ0) is 26.2. The van der Waals surface area contributed by atoms with Crippen molar-refractivity contribution in [2.75, 3.05) is 5.01 Å². The number of aromatic nitrogens is 2. The van der Waals surface area contributed by atoms with Gasteiger partial charge in [0, 0.05) is 21.7 Å². The lowest BCUT2D eigenvalue weighted by Crippen LogP contribution is -2.38. The van der Waals surface area contributed by atoms with Gasteiger partial charge < -0.3 is 5.73 Å².